The van der Waals surface area contributed by atoms with E-state index >= 15 is 0 Å². The van der Waals surface area contributed by atoms with E-state index < -0.39 is 0 Å². The lowest BCUT2D eigenvalue weighted by Crippen LogP contribution is -2.16. The van der Waals surface area contributed by atoms with Crippen molar-refractivity contribution in [1.29, 1.82) is 0 Å². The van der Waals surface area contributed by atoms with Crippen molar-refractivity contribution in [2.45, 2.75) is 19.9 Å². The first kappa shape index (κ1) is 14.3. The van der Waals surface area contributed by atoms with Crippen LogP contribution in [0.1, 0.15) is 24.1 Å². The molecule has 1 N–H and O–H groups in total. The Morgan fingerprint density at radius 1 is 1.05 bits per heavy atom. The summed E-state index contributed by atoms with van der Waals surface area (Å²) in [5.74, 6) is 1.66. The van der Waals surface area contributed by atoms with Crippen molar-refractivity contribution >= 4 is 21.6 Å². The SMILES string of the molecule is Cc1ccc(NC(C)c2ccc3c(c2)OCCO3)cc1Br. The minimum atomic E-state index is 0.190. The van der Waals surface area contributed by atoms with Gasteiger partial charge in [-0.2, -0.15) is 0 Å². The highest BCUT2D eigenvalue weighted by molar-refractivity contribution is 9.10. The maximum absolute atomic E-state index is 5.64. The van der Waals surface area contributed by atoms with Gasteiger partial charge in [0.25, 0.3) is 0 Å². The number of fused-ring (bicyclic) bond motifs is 1. The zero-order valence-electron chi connectivity index (χ0n) is 12.2. The van der Waals surface area contributed by atoms with Crippen molar-refractivity contribution in [2.75, 3.05) is 18.5 Å². The molecule has 0 bridgehead atoms. The van der Waals surface area contributed by atoms with Crippen molar-refractivity contribution < 1.29 is 9.47 Å². The summed E-state index contributed by atoms with van der Waals surface area (Å²) in [6.07, 6.45) is 0. The van der Waals surface area contributed by atoms with Crippen LogP contribution >= 0.6 is 15.9 Å². The third-order valence-corrected chi connectivity index (χ3v) is 4.48. The first-order valence-corrected chi connectivity index (χ1v) is 7.85. The van der Waals surface area contributed by atoms with Gasteiger partial charge < -0.3 is 14.8 Å². The highest BCUT2D eigenvalue weighted by Crippen LogP contribution is 2.33. The molecule has 0 saturated heterocycles. The summed E-state index contributed by atoms with van der Waals surface area (Å²) in [5.41, 5.74) is 3.50. The smallest absolute Gasteiger partial charge is 0.161 e. The van der Waals surface area contributed by atoms with Gasteiger partial charge in [-0.1, -0.05) is 28.1 Å². The summed E-state index contributed by atoms with van der Waals surface area (Å²) in [6, 6.07) is 12.6. The zero-order chi connectivity index (χ0) is 14.8. The van der Waals surface area contributed by atoms with Crippen molar-refractivity contribution in [3.63, 3.8) is 0 Å². The van der Waals surface area contributed by atoms with Crippen LogP contribution in [0.4, 0.5) is 5.69 Å². The largest absolute Gasteiger partial charge is 0.486 e. The van der Waals surface area contributed by atoms with Gasteiger partial charge in [-0.25, -0.2) is 0 Å². The van der Waals surface area contributed by atoms with Gasteiger partial charge in [0.05, 0.1) is 0 Å². The number of aryl methyl sites for hydroxylation is 1. The molecular weight excluding hydrogens is 330 g/mol. The number of anilines is 1. The summed E-state index contributed by atoms with van der Waals surface area (Å²) in [4.78, 5) is 0. The Balaban J connectivity index is 1.78. The van der Waals surface area contributed by atoms with E-state index in [1.54, 1.807) is 0 Å². The van der Waals surface area contributed by atoms with Crippen LogP contribution in [-0.2, 0) is 0 Å². The number of ether oxygens (including phenoxy) is 2. The van der Waals surface area contributed by atoms with E-state index in [9.17, 15) is 0 Å². The molecule has 0 aromatic heterocycles. The van der Waals surface area contributed by atoms with Crippen LogP contribution in [0.2, 0.25) is 0 Å². The van der Waals surface area contributed by atoms with Gasteiger partial charge in [0, 0.05) is 16.2 Å². The zero-order valence-corrected chi connectivity index (χ0v) is 13.7. The standard InChI is InChI=1S/C17H18BrNO2/c1-11-3-5-14(10-15(11)18)19-12(2)13-4-6-16-17(9-13)21-8-7-20-16/h3-6,9-10,12,19H,7-8H2,1-2H3. The maximum Gasteiger partial charge on any atom is 0.161 e. The number of halogens is 1. The second-order valence-electron chi connectivity index (χ2n) is 5.23. The van der Waals surface area contributed by atoms with Crippen molar-refractivity contribution in [3.8, 4) is 11.5 Å². The van der Waals surface area contributed by atoms with Crippen molar-refractivity contribution in [2.24, 2.45) is 0 Å². The van der Waals surface area contributed by atoms with Gasteiger partial charge in [-0.15, -0.1) is 0 Å². The summed E-state index contributed by atoms with van der Waals surface area (Å²) < 4.78 is 12.3. The lowest BCUT2D eigenvalue weighted by molar-refractivity contribution is 0.171. The second kappa shape index (κ2) is 5.98. The van der Waals surface area contributed by atoms with Gasteiger partial charge in [0.15, 0.2) is 11.5 Å². The topological polar surface area (TPSA) is 30.5 Å². The van der Waals surface area contributed by atoms with Gasteiger partial charge in [-0.3, -0.25) is 0 Å². The van der Waals surface area contributed by atoms with Crippen LogP contribution < -0.4 is 14.8 Å². The summed E-state index contributed by atoms with van der Waals surface area (Å²) in [6.45, 7) is 5.46. The molecule has 0 amide bonds. The Kier molecular flexibility index (Phi) is 4.06. The summed E-state index contributed by atoms with van der Waals surface area (Å²) in [7, 11) is 0. The molecule has 0 radical (unpaired) electrons. The molecule has 1 atom stereocenters. The van der Waals surface area contributed by atoms with E-state index in [0.29, 0.717) is 13.2 Å². The Morgan fingerprint density at radius 2 is 1.81 bits per heavy atom. The fourth-order valence-corrected chi connectivity index (χ4v) is 2.72. The third-order valence-electron chi connectivity index (χ3n) is 3.62. The van der Waals surface area contributed by atoms with Gasteiger partial charge in [-0.05, 0) is 49.2 Å². The maximum atomic E-state index is 5.64. The van der Waals surface area contributed by atoms with E-state index in [0.717, 1.165) is 21.7 Å². The van der Waals surface area contributed by atoms with Crippen LogP contribution in [0, 0.1) is 6.92 Å². The van der Waals surface area contributed by atoms with Crippen LogP contribution in [0.25, 0.3) is 0 Å². The molecule has 1 aliphatic rings. The monoisotopic (exact) mass is 347 g/mol. The second-order valence-corrected chi connectivity index (χ2v) is 6.09. The third kappa shape index (κ3) is 3.16. The quantitative estimate of drug-likeness (QED) is 0.872. The average Bonchev–Trinajstić information content (AvgIpc) is 2.50. The molecule has 1 aliphatic heterocycles. The van der Waals surface area contributed by atoms with Gasteiger partial charge in [0.2, 0.25) is 0 Å². The van der Waals surface area contributed by atoms with Gasteiger partial charge >= 0.3 is 0 Å². The molecule has 1 heterocycles. The first-order chi connectivity index (χ1) is 10.1. The molecule has 3 nitrogen and oxygen atoms in total. The highest BCUT2D eigenvalue weighted by atomic mass is 79.9. The summed E-state index contributed by atoms with van der Waals surface area (Å²) >= 11 is 3.56. The van der Waals surface area contributed by atoms with E-state index in [1.807, 2.05) is 6.07 Å². The van der Waals surface area contributed by atoms with Gasteiger partial charge in [0.1, 0.15) is 13.2 Å². The molecule has 0 aliphatic carbocycles. The molecule has 0 saturated carbocycles. The van der Waals surface area contributed by atoms with Crippen LogP contribution in [0.5, 0.6) is 11.5 Å². The summed E-state index contributed by atoms with van der Waals surface area (Å²) in [5, 5.41) is 3.51. The predicted molar refractivity (Wildman–Crippen MR) is 88.3 cm³/mol. The Bertz CT molecular complexity index is 657. The molecule has 2 aromatic carbocycles. The number of hydrogen-bond donors (Lipinski definition) is 1. The van der Waals surface area contributed by atoms with Crippen LogP contribution in [0.3, 0.4) is 0 Å². The minimum Gasteiger partial charge on any atom is -0.486 e. The lowest BCUT2D eigenvalue weighted by Gasteiger charge is -2.21. The molecule has 110 valence electrons. The number of nitrogens with one attached hydrogen (secondary N) is 1. The van der Waals surface area contributed by atoms with E-state index in [1.165, 1.54) is 11.1 Å². The molecule has 2 aromatic rings. The van der Waals surface area contributed by atoms with Crippen LogP contribution in [-0.4, -0.2) is 13.2 Å². The average molecular weight is 348 g/mol. The molecule has 4 heteroatoms. The van der Waals surface area contributed by atoms with Crippen molar-refractivity contribution in [1.82, 2.24) is 0 Å². The predicted octanol–water partition coefficient (Wildman–Crippen LogP) is 4.70. The molecule has 21 heavy (non-hydrogen) atoms. The Morgan fingerprint density at radius 3 is 2.57 bits per heavy atom. The first-order valence-electron chi connectivity index (χ1n) is 7.06. The fraction of sp³-hybridized carbons (Fsp3) is 0.294. The number of hydrogen-bond acceptors (Lipinski definition) is 3. The highest BCUT2D eigenvalue weighted by Gasteiger charge is 2.14. The molecule has 3 rings (SSSR count). The fourth-order valence-electron chi connectivity index (χ4n) is 2.35. The van der Waals surface area contributed by atoms with E-state index in [4.69, 9.17) is 9.47 Å². The van der Waals surface area contributed by atoms with Crippen LogP contribution in [0.15, 0.2) is 40.9 Å². The number of benzene rings is 2. The van der Waals surface area contributed by atoms with Crippen molar-refractivity contribution in [3.05, 3.63) is 52.0 Å². The minimum absolute atomic E-state index is 0.190. The lowest BCUT2D eigenvalue weighted by atomic mass is 10.1. The number of rotatable bonds is 3. The molecule has 0 spiro atoms. The Labute approximate surface area is 133 Å². The van der Waals surface area contributed by atoms with E-state index in [-0.39, 0.29) is 6.04 Å². The normalized spacial score (nSPS) is 14.6. The Hall–Kier alpha value is -1.68. The molecule has 0 fully saturated rings. The molecule has 1 unspecified atom stereocenters. The van der Waals surface area contributed by atoms with E-state index in [2.05, 4.69) is 65.4 Å². The molecular formula is C17H18BrNO2.